The topological polar surface area (TPSA) is 49.4 Å². The Morgan fingerprint density at radius 1 is 1.53 bits per heavy atom. The van der Waals surface area contributed by atoms with Crippen LogP contribution in [0.5, 0.6) is 0 Å². The Balaban J connectivity index is 0.00000144. The van der Waals surface area contributed by atoms with Gasteiger partial charge < -0.3 is 5.32 Å². The van der Waals surface area contributed by atoms with Crippen LogP contribution in [0.2, 0.25) is 0 Å². The Kier molecular flexibility index (Phi) is 5.42. The molecule has 1 saturated heterocycles. The van der Waals surface area contributed by atoms with Crippen LogP contribution in [0, 0.1) is 0 Å². The summed E-state index contributed by atoms with van der Waals surface area (Å²) in [6.07, 6.45) is 0. The summed E-state index contributed by atoms with van der Waals surface area (Å²) in [4.78, 5) is 0. The minimum Gasteiger partial charge on any atom is -0.314 e. The number of hydrogen-bond acceptors (Lipinski definition) is 4. The lowest BCUT2D eigenvalue weighted by molar-refractivity contribution is 0.284. The maximum absolute atomic E-state index is 12.3. The normalized spacial score (nSPS) is 22.1. The molecule has 17 heavy (non-hydrogen) atoms. The number of nitrogens with zero attached hydrogens (tertiary/aromatic N) is 1. The van der Waals surface area contributed by atoms with Crippen LogP contribution in [0.25, 0.3) is 0 Å². The van der Waals surface area contributed by atoms with Gasteiger partial charge in [0.2, 0.25) is 0 Å². The van der Waals surface area contributed by atoms with Crippen molar-refractivity contribution in [2.45, 2.75) is 17.2 Å². The van der Waals surface area contributed by atoms with E-state index in [4.69, 9.17) is 0 Å². The van der Waals surface area contributed by atoms with E-state index in [2.05, 4.69) is 21.2 Å². The van der Waals surface area contributed by atoms with Crippen molar-refractivity contribution in [3.8, 4) is 0 Å². The van der Waals surface area contributed by atoms with Crippen molar-refractivity contribution in [1.82, 2.24) is 9.62 Å². The monoisotopic (exact) mass is 360 g/mol. The summed E-state index contributed by atoms with van der Waals surface area (Å²) in [6, 6.07) is 3.43. The van der Waals surface area contributed by atoms with Gasteiger partial charge in [-0.3, -0.25) is 0 Å². The fourth-order valence-corrected chi connectivity index (χ4v) is 5.50. The third-order valence-corrected chi connectivity index (χ3v) is 6.66. The minimum atomic E-state index is -3.31. The van der Waals surface area contributed by atoms with Gasteiger partial charge in [0, 0.05) is 25.7 Å². The van der Waals surface area contributed by atoms with Crippen LogP contribution in [-0.2, 0) is 10.0 Å². The van der Waals surface area contributed by atoms with E-state index in [0.29, 0.717) is 17.3 Å². The van der Waals surface area contributed by atoms with Crippen LogP contribution in [0.15, 0.2) is 20.1 Å². The summed E-state index contributed by atoms with van der Waals surface area (Å²) in [5.74, 6) is 0. The lowest BCUT2D eigenvalue weighted by atomic mass is 10.3. The van der Waals surface area contributed by atoms with Crippen LogP contribution in [0.3, 0.4) is 0 Å². The smallest absolute Gasteiger partial charge is 0.252 e. The van der Waals surface area contributed by atoms with E-state index in [-0.39, 0.29) is 18.4 Å². The molecule has 1 unspecified atom stereocenters. The first kappa shape index (κ1) is 15.4. The second-order valence-electron chi connectivity index (χ2n) is 3.73. The quantitative estimate of drug-likeness (QED) is 0.875. The standard InChI is InChI=1S/C9H13BrN2O2S2.ClH/c1-7-6-11-4-5-12(7)16(13,14)9-3-2-8(10)15-9;/h2-3,7,11H,4-6H2,1H3;1H. The average molecular weight is 362 g/mol. The molecule has 8 heteroatoms. The number of halogens is 2. The zero-order valence-electron chi connectivity index (χ0n) is 9.22. The van der Waals surface area contributed by atoms with Gasteiger partial charge in [-0.15, -0.1) is 23.7 Å². The molecule has 0 spiro atoms. The van der Waals surface area contributed by atoms with E-state index >= 15 is 0 Å². The van der Waals surface area contributed by atoms with Crippen molar-refractivity contribution < 1.29 is 8.42 Å². The van der Waals surface area contributed by atoms with Crippen LogP contribution >= 0.6 is 39.7 Å². The summed E-state index contributed by atoms with van der Waals surface area (Å²) < 4.78 is 27.4. The molecule has 2 heterocycles. The molecule has 0 radical (unpaired) electrons. The molecule has 98 valence electrons. The van der Waals surface area contributed by atoms with Gasteiger partial charge in [0.25, 0.3) is 10.0 Å². The summed E-state index contributed by atoms with van der Waals surface area (Å²) >= 11 is 4.54. The Morgan fingerprint density at radius 3 is 2.76 bits per heavy atom. The average Bonchev–Trinajstić information content (AvgIpc) is 2.66. The zero-order valence-corrected chi connectivity index (χ0v) is 13.3. The number of sulfonamides is 1. The van der Waals surface area contributed by atoms with Crippen LogP contribution in [-0.4, -0.2) is 38.4 Å². The molecule has 0 aromatic carbocycles. The highest BCUT2D eigenvalue weighted by atomic mass is 79.9. The Hall–Kier alpha value is 0.340. The van der Waals surface area contributed by atoms with Crippen molar-refractivity contribution in [3.63, 3.8) is 0 Å². The van der Waals surface area contributed by atoms with Gasteiger partial charge in [-0.25, -0.2) is 8.42 Å². The molecule has 1 aliphatic rings. The molecular weight excluding hydrogens is 348 g/mol. The van der Waals surface area contributed by atoms with Gasteiger partial charge in [0.05, 0.1) is 3.79 Å². The maximum atomic E-state index is 12.3. The molecule has 0 bridgehead atoms. The molecule has 0 amide bonds. The van der Waals surface area contributed by atoms with Crippen LogP contribution < -0.4 is 5.32 Å². The van der Waals surface area contributed by atoms with E-state index in [1.54, 1.807) is 16.4 Å². The molecule has 1 atom stereocenters. The van der Waals surface area contributed by atoms with E-state index < -0.39 is 10.0 Å². The summed E-state index contributed by atoms with van der Waals surface area (Å²) in [7, 11) is -3.31. The van der Waals surface area contributed by atoms with Crippen molar-refractivity contribution in [3.05, 3.63) is 15.9 Å². The first-order valence-corrected chi connectivity index (χ1v) is 8.04. The first-order valence-electron chi connectivity index (χ1n) is 5.00. The third-order valence-electron chi connectivity index (χ3n) is 2.55. The molecule has 1 fully saturated rings. The predicted octanol–water partition coefficient (Wildman–Crippen LogP) is 1.91. The van der Waals surface area contributed by atoms with Crippen LogP contribution in [0.1, 0.15) is 6.92 Å². The van der Waals surface area contributed by atoms with Crippen molar-refractivity contribution in [1.29, 1.82) is 0 Å². The highest BCUT2D eigenvalue weighted by Gasteiger charge is 2.31. The van der Waals surface area contributed by atoms with Crippen LogP contribution in [0.4, 0.5) is 0 Å². The Labute approximate surface area is 120 Å². The lowest BCUT2D eigenvalue weighted by Gasteiger charge is -2.32. The minimum absolute atomic E-state index is 0. The number of nitrogens with one attached hydrogen (secondary N) is 1. The Morgan fingerprint density at radius 2 is 2.24 bits per heavy atom. The van der Waals surface area contributed by atoms with E-state index in [1.165, 1.54) is 11.3 Å². The fraction of sp³-hybridized carbons (Fsp3) is 0.556. The number of piperazine rings is 1. The summed E-state index contributed by atoms with van der Waals surface area (Å²) in [5.41, 5.74) is 0. The number of hydrogen-bond donors (Lipinski definition) is 1. The van der Waals surface area contributed by atoms with E-state index in [1.807, 2.05) is 6.92 Å². The van der Waals surface area contributed by atoms with Crippen molar-refractivity contribution in [2.75, 3.05) is 19.6 Å². The van der Waals surface area contributed by atoms with Gasteiger partial charge in [-0.05, 0) is 35.0 Å². The van der Waals surface area contributed by atoms with Gasteiger partial charge in [0.1, 0.15) is 4.21 Å². The van der Waals surface area contributed by atoms with Gasteiger partial charge in [-0.2, -0.15) is 4.31 Å². The highest BCUT2D eigenvalue weighted by Crippen LogP contribution is 2.29. The molecule has 1 aromatic heterocycles. The van der Waals surface area contributed by atoms with Crippen molar-refractivity contribution >= 4 is 49.7 Å². The summed E-state index contributed by atoms with van der Waals surface area (Å²) in [5, 5.41) is 3.18. The molecular formula is C9H14BrClN2O2S2. The lowest BCUT2D eigenvalue weighted by Crippen LogP contribution is -2.51. The maximum Gasteiger partial charge on any atom is 0.252 e. The van der Waals surface area contributed by atoms with Gasteiger partial charge in [-0.1, -0.05) is 0 Å². The predicted molar refractivity (Wildman–Crippen MR) is 75.5 cm³/mol. The molecule has 4 nitrogen and oxygen atoms in total. The zero-order chi connectivity index (χ0) is 11.8. The highest BCUT2D eigenvalue weighted by molar-refractivity contribution is 9.11. The molecule has 1 aliphatic heterocycles. The second-order valence-corrected chi connectivity index (χ2v) is 8.31. The van der Waals surface area contributed by atoms with E-state index in [9.17, 15) is 8.42 Å². The first-order chi connectivity index (χ1) is 7.51. The number of rotatable bonds is 2. The fourth-order valence-electron chi connectivity index (χ4n) is 1.73. The Bertz CT molecular complexity index is 477. The van der Waals surface area contributed by atoms with Gasteiger partial charge in [0.15, 0.2) is 0 Å². The molecule has 0 saturated carbocycles. The molecule has 1 N–H and O–H groups in total. The SMILES string of the molecule is CC1CNCCN1S(=O)(=O)c1ccc(Br)s1.Cl. The van der Waals surface area contributed by atoms with Gasteiger partial charge >= 0.3 is 0 Å². The van der Waals surface area contributed by atoms with E-state index in [0.717, 1.165) is 10.3 Å². The second kappa shape index (κ2) is 5.99. The largest absolute Gasteiger partial charge is 0.314 e. The molecule has 1 aromatic rings. The van der Waals surface area contributed by atoms with Crippen molar-refractivity contribution in [2.24, 2.45) is 0 Å². The summed E-state index contributed by atoms with van der Waals surface area (Å²) in [6.45, 7) is 3.90. The molecule has 2 rings (SSSR count). The number of thiophene rings is 1. The molecule has 0 aliphatic carbocycles. The third kappa shape index (κ3) is 3.21.